The Morgan fingerprint density at radius 3 is 2.86 bits per heavy atom. The Balaban J connectivity index is 1.93. The molecule has 0 saturated carbocycles. The lowest BCUT2D eigenvalue weighted by Gasteiger charge is -2.11. The summed E-state index contributed by atoms with van der Waals surface area (Å²) in [6.45, 7) is 6.64. The minimum Gasteiger partial charge on any atom is -0.490 e. The summed E-state index contributed by atoms with van der Waals surface area (Å²) in [7, 11) is 0. The third-order valence-electron chi connectivity index (χ3n) is 3.27. The monoisotopic (exact) mass is 285 g/mol. The van der Waals surface area contributed by atoms with Crippen LogP contribution in [0, 0.1) is 0 Å². The molecule has 3 aromatic rings. The van der Waals surface area contributed by atoms with Crippen molar-refractivity contribution in [3.63, 3.8) is 0 Å². The molecule has 0 radical (unpaired) electrons. The minimum absolute atomic E-state index is 0.155. The van der Waals surface area contributed by atoms with Gasteiger partial charge in [0, 0.05) is 18.0 Å². The van der Waals surface area contributed by atoms with Crippen LogP contribution in [-0.2, 0) is 13.0 Å². The second-order valence-corrected chi connectivity index (χ2v) is 5.26. The van der Waals surface area contributed by atoms with Gasteiger partial charge in [0.25, 0.3) is 0 Å². The van der Waals surface area contributed by atoms with Gasteiger partial charge in [-0.2, -0.15) is 4.98 Å². The molecule has 0 aliphatic heterocycles. The molecule has 1 aromatic carbocycles. The molecule has 110 valence electrons. The van der Waals surface area contributed by atoms with Crippen LogP contribution < -0.4 is 4.74 Å². The molecule has 0 bridgehead atoms. The van der Waals surface area contributed by atoms with Crippen LogP contribution in [0.4, 0.5) is 0 Å². The number of fused-ring (bicyclic) bond motifs is 1. The molecular formula is C16H19N3O2. The van der Waals surface area contributed by atoms with Crippen molar-refractivity contribution in [2.45, 2.75) is 39.8 Å². The van der Waals surface area contributed by atoms with Crippen LogP contribution in [0.1, 0.15) is 32.5 Å². The molecule has 0 atom stereocenters. The maximum absolute atomic E-state index is 5.85. The predicted molar refractivity (Wildman–Crippen MR) is 80.5 cm³/mol. The minimum atomic E-state index is 0.155. The van der Waals surface area contributed by atoms with Crippen molar-refractivity contribution in [2.75, 3.05) is 0 Å². The Morgan fingerprint density at radius 1 is 1.29 bits per heavy atom. The second-order valence-electron chi connectivity index (χ2n) is 5.26. The molecule has 0 N–H and O–H groups in total. The van der Waals surface area contributed by atoms with E-state index in [1.54, 1.807) is 0 Å². The van der Waals surface area contributed by atoms with Gasteiger partial charge in [-0.3, -0.25) is 0 Å². The van der Waals surface area contributed by atoms with Crippen molar-refractivity contribution in [3.05, 3.63) is 42.2 Å². The van der Waals surface area contributed by atoms with Crippen LogP contribution in [0.2, 0.25) is 0 Å². The van der Waals surface area contributed by atoms with E-state index < -0.39 is 0 Å². The summed E-state index contributed by atoms with van der Waals surface area (Å²) < 4.78 is 13.2. The zero-order chi connectivity index (χ0) is 14.8. The first-order valence-electron chi connectivity index (χ1n) is 7.23. The highest BCUT2D eigenvalue weighted by Gasteiger charge is 2.11. The number of hydrogen-bond acceptors (Lipinski definition) is 4. The molecule has 2 aromatic heterocycles. The van der Waals surface area contributed by atoms with Crippen LogP contribution >= 0.6 is 0 Å². The zero-order valence-electron chi connectivity index (χ0n) is 12.5. The van der Waals surface area contributed by atoms with Gasteiger partial charge in [-0.1, -0.05) is 18.1 Å². The molecule has 5 heteroatoms. The maximum Gasteiger partial charge on any atom is 0.246 e. The molecule has 0 spiro atoms. The highest BCUT2D eigenvalue weighted by Crippen LogP contribution is 2.27. The Bertz CT molecular complexity index is 743. The van der Waals surface area contributed by atoms with Crippen molar-refractivity contribution in [2.24, 2.45) is 0 Å². The number of benzene rings is 1. The first-order chi connectivity index (χ1) is 10.2. The van der Waals surface area contributed by atoms with Crippen molar-refractivity contribution >= 4 is 10.9 Å². The Labute approximate surface area is 123 Å². The van der Waals surface area contributed by atoms with Crippen LogP contribution in [0.25, 0.3) is 10.9 Å². The largest absolute Gasteiger partial charge is 0.490 e. The molecule has 0 unspecified atom stereocenters. The van der Waals surface area contributed by atoms with Gasteiger partial charge in [-0.25, -0.2) is 0 Å². The third kappa shape index (κ3) is 2.77. The summed E-state index contributed by atoms with van der Waals surface area (Å²) >= 11 is 0. The molecule has 21 heavy (non-hydrogen) atoms. The van der Waals surface area contributed by atoms with Crippen molar-refractivity contribution in [1.82, 2.24) is 14.7 Å². The fraction of sp³-hybridized carbons (Fsp3) is 0.375. The molecule has 0 aliphatic carbocycles. The van der Waals surface area contributed by atoms with E-state index >= 15 is 0 Å². The van der Waals surface area contributed by atoms with Crippen LogP contribution in [0.15, 0.2) is 35.0 Å². The van der Waals surface area contributed by atoms with Gasteiger partial charge in [-0.05, 0) is 32.0 Å². The first kappa shape index (κ1) is 13.7. The van der Waals surface area contributed by atoms with Gasteiger partial charge in [-0.15, -0.1) is 0 Å². The van der Waals surface area contributed by atoms with E-state index in [9.17, 15) is 0 Å². The summed E-state index contributed by atoms with van der Waals surface area (Å²) in [5.74, 6) is 2.27. The van der Waals surface area contributed by atoms with Gasteiger partial charge < -0.3 is 13.8 Å². The molecule has 0 amide bonds. The smallest absolute Gasteiger partial charge is 0.246 e. The lowest BCUT2D eigenvalue weighted by atomic mass is 10.2. The van der Waals surface area contributed by atoms with Gasteiger partial charge in [0.05, 0.1) is 11.6 Å². The van der Waals surface area contributed by atoms with Gasteiger partial charge >= 0.3 is 0 Å². The average Bonchev–Trinajstić information content (AvgIpc) is 3.07. The Kier molecular flexibility index (Phi) is 3.64. The van der Waals surface area contributed by atoms with Crippen LogP contribution in [0.3, 0.4) is 0 Å². The summed E-state index contributed by atoms with van der Waals surface area (Å²) in [4.78, 5) is 4.35. The fourth-order valence-electron chi connectivity index (χ4n) is 2.33. The Hall–Kier alpha value is -2.30. The van der Waals surface area contributed by atoms with Gasteiger partial charge in [0.2, 0.25) is 5.89 Å². The standard InChI is InChI=1S/C16H19N3O2/c1-4-15-17-16(21-18-15)10-19-9-8-12-13(19)6-5-7-14(12)20-11(2)3/h5-9,11H,4,10H2,1-3H3. The third-order valence-corrected chi connectivity index (χ3v) is 3.27. The summed E-state index contributed by atoms with van der Waals surface area (Å²) in [5, 5.41) is 5.03. The molecule has 0 fully saturated rings. The van der Waals surface area contributed by atoms with Crippen molar-refractivity contribution < 1.29 is 9.26 Å². The summed E-state index contributed by atoms with van der Waals surface area (Å²) in [5.41, 5.74) is 1.10. The van der Waals surface area contributed by atoms with Crippen molar-refractivity contribution in [3.8, 4) is 5.75 Å². The number of ether oxygens (including phenoxy) is 1. The van der Waals surface area contributed by atoms with Crippen LogP contribution in [0.5, 0.6) is 5.75 Å². The van der Waals surface area contributed by atoms with Gasteiger partial charge in [0.15, 0.2) is 5.82 Å². The number of aromatic nitrogens is 3. The lowest BCUT2D eigenvalue weighted by Crippen LogP contribution is -2.05. The number of nitrogens with zero attached hydrogens (tertiary/aromatic N) is 3. The van der Waals surface area contributed by atoms with E-state index in [2.05, 4.69) is 26.8 Å². The van der Waals surface area contributed by atoms with E-state index in [0.717, 1.165) is 28.9 Å². The SMILES string of the molecule is CCc1noc(Cn2ccc3c(OC(C)C)cccc32)n1. The zero-order valence-corrected chi connectivity index (χ0v) is 12.5. The molecule has 5 nitrogen and oxygen atoms in total. The predicted octanol–water partition coefficient (Wildman–Crippen LogP) is 3.42. The maximum atomic E-state index is 5.85. The van der Waals surface area contributed by atoms with Crippen LogP contribution in [-0.4, -0.2) is 20.8 Å². The summed E-state index contributed by atoms with van der Waals surface area (Å²) in [6, 6.07) is 8.13. The highest BCUT2D eigenvalue weighted by atomic mass is 16.5. The summed E-state index contributed by atoms with van der Waals surface area (Å²) in [6.07, 6.45) is 2.96. The number of rotatable bonds is 5. The van der Waals surface area contributed by atoms with Crippen molar-refractivity contribution in [1.29, 1.82) is 0 Å². The number of hydrogen-bond donors (Lipinski definition) is 0. The van der Waals surface area contributed by atoms with Gasteiger partial charge in [0.1, 0.15) is 12.3 Å². The topological polar surface area (TPSA) is 53.1 Å². The molecule has 0 aliphatic rings. The fourth-order valence-corrected chi connectivity index (χ4v) is 2.33. The van der Waals surface area contributed by atoms with E-state index in [-0.39, 0.29) is 6.10 Å². The Morgan fingerprint density at radius 2 is 2.14 bits per heavy atom. The molecule has 3 rings (SSSR count). The average molecular weight is 285 g/mol. The first-order valence-corrected chi connectivity index (χ1v) is 7.23. The van der Waals surface area contributed by atoms with E-state index in [1.165, 1.54) is 0 Å². The van der Waals surface area contributed by atoms with E-state index in [1.807, 2.05) is 39.1 Å². The molecule has 2 heterocycles. The quantitative estimate of drug-likeness (QED) is 0.720. The molecular weight excluding hydrogens is 266 g/mol. The normalized spacial score (nSPS) is 11.4. The highest BCUT2D eigenvalue weighted by molar-refractivity contribution is 5.86. The number of aryl methyl sites for hydroxylation is 1. The van der Waals surface area contributed by atoms with E-state index in [4.69, 9.17) is 9.26 Å². The lowest BCUT2D eigenvalue weighted by molar-refractivity contribution is 0.245. The van der Waals surface area contributed by atoms with E-state index in [0.29, 0.717) is 12.4 Å². The molecule has 0 saturated heterocycles. The second kappa shape index (κ2) is 5.60.